The Labute approximate surface area is 338 Å². The summed E-state index contributed by atoms with van der Waals surface area (Å²) in [6.45, 7) is -1.23. The second-order valence-corrected chi connectivity index (χ2v) is 14.9. The van der Waals surface area contributed by atoms with E-state index in [9.17, 15) is 56.2 Å². The van der Waals surface area contributed by atoms with Gasteiger partial charge in [0, 0.05) is 5.56 Å². The Morgan fingerprint density at radius 1 is 0.661 bits per heavy atom. The molecule has 330 valence electrons. The molecule has 2 aromatic rings. The van der Waals surface area contributed by atoms with E-state index in [-0.39, 0.29) is 19.0 Å². The van der Waals surface area contributed by atoms with Gasteiger partial charge < -0.3 is 98.8 Å². The van der Waals surface area contributed by atoms with E-state index in [1.807, 2.05) is 0 Å². The van der Waals surface area contributed by atoms with Crippen molar-refractivity contribution in [2.45, 2.75) is 124 Å². The number of para-hydroxylation sites is 1. The quantitative estimate of drug-likeness (QED) is 0.0773. The van der Waals surface area contributed by atoms with E-state index in [0.717, 1.165) is 0 Å². The van der Waals surface area contributed by atoms with Gasteiger partial charge in [-0.25, -0.2) is 0 Å². The van der Waals surface area contributed by atoms with E-state index in [2.05, 4.69) is 0 Å². The Morgan fingerprint density at radius 3 is 1.92 bits per heavy atom. The van der Waals surface area contributed by atoms with Gasteiger partial charge in [0.05, 0.1) is 45.7 Å². The smallest absolute Gasteiger partial charge is 0.229 e. The first-order valence-corrected chi connectivity index (χ1v) is 19.2. The number of rotatable bonds is 16. The lowest BCUT2D eigenvalue weighted by atomic mass is 9.96. The molecule has 11 N–H and O–H groups in total. The normalized spacial score (nSPS) is 41.7. The maximum Gasteiger partial charge on any atom is 0.229 e. The molecular weight excluding hydrogens is 788 g/mol. The summed E-state index contributed by atoms with van der Waals surface area (Å²) in [4.78, 5) is 0. The summed E-state index contributed by atoms with van der Waals surface area (Å²) < 4.78 is 52.9. The van der Waals surface area contributed by atoms with Gasteiger partial charge in [0.25, 0.3) is 0 Å². The first kappa shape index (κ1) is 45.7. The van der Waals surface area contributed by atoms with Crippen LogP contribution in [0.15, 0.2) is 60.7 Å². The van der Waals surface area contributed by atoms with Crippen molar-refractivity contribution in [3.05, 3.63) is 71.8 Å². The predicted octanol–water partition coefficient (Wildman–Crippen LogP) is -3.76. The predicted molar refractivity (Wildman–Crippen MR) is 196 cm³/mol. The number of aliphatic hydroxyl groups excluding tert-OH is 10. The van der Waals surface area contributed by atoms with E-state index in [1.54, 1.807) is 60.7 Å². The molecule has 2 aromatic carbocycles. The van der Waals surface area contributed by atoms with Gasteiger partial charge in [0.15, 0.2) is 18.9 Å². The number of benzene rings is 2. The topological polar surface area (TPSA) is 306 Å². The molecule has 59 heavy (non-hydrogen) atoms. The lowest BCUT2D eigenvalue weighted by Crippen LogP contribution is -2.66. The first-order valence-electron chi connectivity index (χ1n) is 19.2. The Bertz CT molecular complexity index is 1620. The van der Waals surface area contributed by atoms with Gasteiger partial charge >= 0.3 is 0 Å². The van der Waals surface area contributed by atoms with Crippen LogP contribution in [0.2, 0.25) is 0 Å². The maximum atomic E-state index is 11.7. The van der Waals surface area contributed by atoms with Crippen molar-refractivity contribution in [1.29, 1.82) is 0 Å². The van der Waals surface area contributed by atoms with Crippen LogP contribution in [-0.4, -0.2) is 199 Å². The van der Waals surface area contributed by atoms with Crippen molar-refractivity contribution in [1.82, 2.24) is 0 Å². The second-order valence-electron chi connectivity index (χ2n) is 14.9. The zero-order chi connectivity index (χ0) is 42.4. The minimum atomic E-state index is -1.99. The van der Waals surface area contributed by atoms with Crippen LogP contribution in [-0.2, 0) is 44.5 Å². The van der Waals surface area contributed by atoms with Crippen molar-refractivity contribution >= 4 is 6.08 Å². The standard InChI is InChI=1S/C39H54O20/c1-19-25(42)28(45)31(48)35(55-19)52-15-24-27(44)30(47)33(37(58-24)56-22-12-6-5-10-21(22)11-7-13-40)59-32-29(46)26(43)23(16-53-38-34(49)39(50,17-41)18-54-38)57-36(32)51-14-20-8-3-2-4-9-20/h2-12,19,23-38,40-50H,13-18H2,1H3/b11-7+/t19-,23-,24+,25-,26-,27+,28+,29+,30-,31+,32-,33+,34-,35+,36-,37+,38+,39-/m0/s1. The van der Waals surface area contributed by atoms with Crippen molar-refractivity contribution in [2.24, 2.45) is 0 Å². The van der Waals surface area contributed by atoms with Crippen LogP contribution in [0.25, 0.3) is 6.08 Å². The summed E-state index contributed by atoms with van der Waals surface area (Å²) in [5, 5.41) is 117. The average molecular weight is 843 g/mol. The zero-order valence-corrected chi connectivity index (χ0v) is 32.0. The van der Waals surface area contributed by atoms with Crippen molar-refractivity contribution < 1.29 is 98.8 Å². The molecule has 20 heteroatoms. The molecule has 0 aliphatic carbocycles. The van der Waals surface area contributed by atoms with Crippen molar-refractivity contribution in [3.8, 4) is 5.75 Å². The molecule has 6 rings (SSSR count). The molecule has 0 amide bonds. The highest BCUT2D eigenvalue weighted by atomic mass is 16.8. The highest BCUT2D eigenvalue weighted by molar-refractivity contribution is 5.57. The molecule has 18 atom stereocenters. The molecule has 4 fully saturated rings. The van der Waals surface area contributed by atoms with Crippen LogP contribution in [0.3, 0.4) is 0 Å². The van der Waals surface area contributed by atoms with Crippen LogP contribution in [0.1, 0.15) is 18.1 Å². The monoisotopic (exact) mass is 842 g/mol. The Hall–Kier alpha value is -2.78. The number of ether oxygens (including phenoxy) is 9. The van der Waals surface area contributed by atoms with E-state index >= 15 is 0 Å². The Morgan fingerprint density at radius 2 is 1.27 bits per heavy atom. The molecule has 4 aliphatic rings. The van der Waals surface area contributed by atoms with Gasteiger partial charge in [-0.05, 0) is 18.6 Å². The second kappa shape index (κ2) is 20.4. The Kier molecular flexibility index (Phi) is 15.8. The largest absolute Gasteiger partial charge is 0.461 e. The van der Waals surface area contributed by atoms with Gasteiger partial charge in [0.1, 0.15) is 84.6 Å². The van der Waals surface area contributed by atoms with Crippen molar-refractivity contribution in [3.63, 3.8) is 0 Å². The lowest BCUT2D eigenvalue weighted by Gasteiger charge is -2.47. The molecule has 4 aliphatic heterocycles. The summed E-state index contributed by atoms with van der Waals surface area (Å²) >= 11 is 0. The van der Waals surface area contributed by atoms with Gasteiger partial charge in [0.2, 0.25) is 6.29 Å². The maximum absolute atomic E-state index is 11.7. The number of hydrogen-bond acceptors (Lipinski definition) is 20. The van der Waals surface area contributed by atoms with E-state index in [4.69, 9.17) is 42.6 Å². The molecule has 0 bridgehead atoms. The van der Waals surface area contributed by atoms with Crippen LogP contribution < -0.4 is 4.74 Å². The van der Waals surface area contributed by atoms with Crippen LogP contribution in [0.5, 0.6) is 5.75 Å². The molecule has 4 saturated heterocycles. The van der Waals surface area contributed by atoms with Crippen LogP contribution >= 0.6 is 0 Å². The molecule has 0 radical (unpaired) electrons. The van der Waals surface area contributed by atoms with E-state index in [0.29, 0.717) is 11.1 Å². The van der Waals surface area contributed by atoms with Gasteiger partial charge in [-0.2, -0.15) is 0 Å². The van der Waals surface area contributed by atoms with Gasteiger partial charge in [-0.15, -0.1) is 0 Å². The fourth-order valence-corrected chi connectivity index (χ4v) is 7.03. The summed E-state index contributed by atoms with van der Waals surface area (Å²) in [5.74, 6) is 0.176. The third-order valence-electron chi connectivity index (χ3n) is 10.7. The van der Waals surface area contributed by atoms with Crippen LogP contribution in [0, 0.1) is 0 Å². The molecule has 20 nitrogen and oxygen atoms in total. The molecule has 4 heterocycles. The summed E-state index contributed by atoms with van der Waals surface area (Å²) in [7, 11) is 0. The fourth-order valence-electron chi connectivity index (χ4n) is 7.03. The molecule has 0 unspecified atom stereocenters. The minimum absolute atomic E-state index is 0.0918. The first-order chi connectivity index (χ1) is 28.3. The molecular formula is C39H54O20. The number of aliphatic hydroxyl groups is 11. The summed E-state index contributed by atoms with van der Waals surface area (Å²) in [6.07, 6.45) is -23.5. The molecule has 0 saturated carbocycles. The van der Waals surface area contributed by atoms with E-state index in [1.165, 1.54) is 13.0 Å². The van der Waals surface area contributed by atoms with Gasteiger partial charge in [-0.3, -0.25) is 0 Å². The summed E-state index contributed by atoms with van der Waals surface area (Å²) in [5.41, 5.74) is -0.834. The average Bonchev–Trinajstić information content (AvgIpc) is 3.53. The molecule has 0 aromatic heterocycles. The van der Waals surface area contributed by atoms with Gasteiger partial charge in [-0.1, -0.05) is 60.7 Å². The summed E-state index contributed by atoms with van der Waals surface area (Å²) in [6, 6.07) is 15.4. The van der Waals surface area contributed by atoms with Crippen LogP contribution in [0.4, 0.5) is 0 Å². The van der Waals surface area contributed by atoms with E-state index < -0.39 is 137 Å². The highest BCUT2D eigenvalue weighted by Crippen LogP contribution is 2.35. The Balaban J connectivity index is 1.24. The minimum Gasteiger partial charge on any atom is -0.461 e. The SMILES string of the molecule is C[C@@H]1O[C@@H](OC[C@H]2O[C@@H](Oc3ccccc3/C=C/CO)[C@H](O[C@@H]3[C@@H](OCc4ccccc4)O[C@@H](CO[C@@H]4OC[C@@](O)(CO)[C@H]4O)[C@H](O)[C@H]3O)[C@@H](O)[C@@H]2O)[C@H](O)[C@H](O)[C@H]1O. The fraction of sp³-hybridized carbons (Fsp3) is 0.641. The third-order valence-corrected chi connectivity index (χ3v) is 10.7. The highest BCUT2D eigenvalue weighted by Gasteiger charge is 2.54. The lowest BCUT2D eigenvalue weighted by molar-refractivity contribution is -0.359. The third kappa shape index (κ3) is 10.5. The van der Waals surface area contributed by atoms with Crippen molar-refractivity contribution in [2.75, 3.05) is 33.0 Å². The molecule has 0 spiro atoms. The zero-order valence-electron chi connectivity index (χ0n) is 32.0. The number of hydrogen-bond donors (Lipinski definition) is 11.